The second kappa shape index (κ2) is 9.11. The van der Waals surface area contributed by atoms with E-state index in [-0.39, 0.29) is 17.5 Å². The molecule has 3 amide bonds. The summed E-state index contributed by atoms with van der Waals surface area (Å²) < 4.78 is 1.59. The summed E-state index contributed by atoms with van der Waals surface area (Å²) in [7, 11) is 1.69. The van der Waals surface area contributed by atoms with E-state index >= 15 is 0 Å². The molecule has 8 nitrogen and oxygen atoms in total. The zero-order valence-corrected chi connectivity index (χ0v) is 18.0. The number of aromatic nitrogens is 2. The van der Waals surface area contributed by atoms with Gasteiger partial charge in [-0.25, -0.2) is 0 Å². The number of benzene rings is 1. The van der Waals surface area contributed by atoms with Crippen LogP contribution < -0.4 is 5.32 Å². The number of hydrogen-bond acceptors (Lipinski definition) is 4. The largest absolute Gasteiger partial charge is 0.344 e. The number of hydrogen-bond donors (Lipinski definition) is 1. The van der Waals surface area contributed by atoms with Crippen LogP contribution in [0, 0.1) is 6.92 Å². The molecule has 0 bridgehead atoms. The van der Waals surface area contributed by atoms with Gasteiger partial charge in [0.2, 0.25) is 5.91 Å². The molecular weight excluding hydrogens is 382 g/mol. The van der Waals surface area contributed by atoms with Gasteiger partial charge in [0.25, 0.3) is 11.8 Å². The van der Waals surface area contributed by atoms with Crippen LogP contribution in [0.25, 0.3) is 0 Å². The highest BCUT2D eigenvalue weighted by atomic mass is 16.2. The Kier molecular flexibility index (Phi) is 6.54. The summed E-state index contributed by atoms with van der Waals surface area (Å²) in [6.07, 6.45) is 0.753. The van der Waals surface area contributed by atoms with Crippen LogP contribution in [0.5, 0.6) is 0 Å². The lowest BCUT2D eigenvalue weighted by atomic mass is 10.1. The van der Waals surface area contributed by atoms with Crippen molar-refractivity contribution in [1.82, 2.24) is 24.9 Å². The predicted molar refractivity (Wildman–Crippen MR) is 113 cm³/mol. The van der Waals surface area contributed by atoms with Gasteiger partial charge in [0, 0.05) is 39.3 Å². The molecular formula is C22H29N5O3. The number of aryl methyl sites for hydroxylation is 2. The number of amides is 3. The number of nitrogens with zero attached hydrogens (tertiary/aromatic N) is 4. The summed E-state index contributed by atoms with van der Waals surface area (Å²) in [6.45, 7) is 7.80. The highest BCUT2D eigenvalue weighted by Crippen LogP contribution is 2.17. The normalized spacial score (nSPS) is 14.7. The zero-order valence-electron chi connectivity index (χ0n) is 18.0. The van der Waals surface area contributed by atoms with Crippen molar-refractivity contribution in [2.45, 2.75) is 46.3 Å². The Hall–Kier alpha value is -3.16. The first-order valence-corrected chi connectivity index (χ1v) is 10.3. The number of likely N-dealkylation sites (N-methyl/N-ethyl adjacent to an activating group) is 1. The molecule has 1 N–H and O–H groups in total. The van der Waals surface area contributed by atoms with Gasteiger partial charge in [-0.1, -0.05) is 29.8 Å². The minimum Gasteiger partial charge on any atom is -0.344 e. The van der Waals surface area contributed by atoms with Crippen molar-refractivity contribution in [2.24, 2.45) is 0 Å². The summed E-state index contributed by atoms with van der Waals surface area (Å²) in [5.41, 5.74) is 2.78. The molecule has 0 aliphatic carbocycles. The molecule has 3 rings (SSSR count). The van der Waals surface area contributed by atoms with E-state index < -0.39 is 11.9 Å². The van der Waals surface area contributed by atoms with Gasteiger partial charge in [-0.05, 0) is 32.8 Å². The van der Waals surface area contributed by atoms with Gasteiger partial charge in [0.15, 0.2) is 5.69 Å². The Morgan fingerprint density at radius 2 is 1.93 bits per heavy atom. The van der Waals surface area contributed by atoms with Crippen molar-refractivity contribution in [3.05, 3.63) is 52.8 Å². The van der Waals surface area contributed by atoms with Gasteiger partial charge in [-0.2, -0.15) is 5.10 Å². The fourth-order valence-corrected chi connectivity index (χ4v) is 3.43. The predicted octanol–water partition coefficient (Wildman–Crippen LogP) is 1.83. The van der Waals surface area contributed by atoms with E-state index in [1.165, 1.54) is 11.6 Å². The molecule has 160 valence electrons. The Morgan fingerprint density at radius 1 is 1.23 bits per heavy atom. The van der Waals surface area contributed by atoms with Crippen molar-refractivity contribution in [3.8, 4) is 0 Å². The number of rotatable bonds is 6. The molecule has 0 unspecified atom stereocenters. The first-order valence-electron chi connectivity index (χ1n) is 10.3. The first-order chi connectivity index (χ1) is 14.3. The summed E-state index contributed by atoms with van der Waals surface area (Å²) in [4.78, 5) is 41.2. The minimum atomic E-state index is -0.669. The topological polar surface area (TPSA) is 87.5 Å². The second-order valence-electron chi connectivity index (χ2n) is 7.75. The van der Waals surface area contributed by atoms with E-state index in [1.54, 1.807) is 28.5 Å². The molecule has 1 aromatic heterocycles. The van der Waals surface area contributed by atoms with Crippen molar-refractivity contribution >= 4 is 17.7 Å². The van der Waals surface area contributed by atoms with E-state index in [0.29, 0.717) is 31.9 Å². The molecule has 0 fully saturated rings. The van der Waals surface area contributed by atoms with E-state index in [9.17, 15) is 14.4 Å². The molecule has 0 saturated carbocycles. The van der Waals surface area contributed by atoms with Gasteiger partial charge in [0.05, 0.1) is 0 Å². The summed E-state index contributed by atoms with van der Waals surface area (Å²) >= 11 is 0. The average Bonchev–Trinajstić information content (AvgIpc) is 3.11. The Bertz CT molecular complexity index is 935. The van der Waals surface area contributed by atoms with Crippen molar-refractivity contribution in [1.29, 1.82) is 0 Å². The lowest BCUT2D eigenvalue weighted by Gasteiger charge is -2.20. The lowest BCUT2D eigenvalue weighted by molar-refractivity contribution is -0.131. The summed E-state index contributed by atoms with van der Waals surface area (Å²) in [5, 5.41) is 7.00. The molecule has 2 heterocycles. The lowest BCUT2D eigenvalue weighted by Crippen LogP contribution is -2.45. The van der Waals surface area contributed by atoms with Gasteiger partial charge in [0.1, 0.15) is 11.7 Å². The molecule has 0 saturated heterocycles. The van der Waals surface area contributed by atoms with Gasteiger partial charge in [-0.15, -0.1) is 0 Å². The van der Waals surface area contributed by atoms with Crippen LogP contribution in [-0.2, 0) is 17.9 Å². The first kappa shape index (κ1) is 21.5. The van der Waals surface area contributed by atoms with Gasteiger partial charge < -0.3 is 15.1 Å². The van der Waals surface area contributed by atoms with Gasteiger partial charge >= 0.3 is 0 Å². The Morgan fingerprint density at radius 3 is 2.60 bits per heavy atom. The van der Waals surface area contributed by atoms with Crippen LogP contribution in [0.3, 0.4) is 0 Å². The molecule has 0 radical (unpaired) electrons. The van der Waals surface area contributed by atoms with Crippen LogP contribution in [0.2, 0.25) is 0 Å². The van der Waals surface area contributed by atoms with E-state index in [4.69, 9.17) is 0 Å². The van der Waals surface area contributed by atoms with Crippen LogP contribution in [0.1, 0.15) is 52.4 Å². The van der Waals surface area contributed by atoms with Crippen LogP contribution >= 0.6 is 0 Å². The van der Waals surface area contributed by atoms with E-state index in [1.807, 2.05) is 38.1 Å². The number of nitrogens with one attached hydrogen (secondary N) is 1. The third-order valence-corrected chi connectivity index (χ3v) is 5.38. The molecule has 1 aliphatic rings. The molecule has 1 aliphatic heterocycles. The fourth-order valence-electron chi connectivity index (χ4n) is 3.43. The zero-order chi connectivity index (χ0) is 21.8. The monoisotopic (exact) mass is 411 g/mol. The Balaban J connectivity index is 1.73. The number of fused-ring (bicyclic) bond motifs is 1. The number of carbonyl (C=O) groups excluding carboxylic acids is 3. The molecule has 1 atom stereocenters. The second-order valence-corrected chi connectivity index (χ2v) is 7.75. The maximum absolute atomic E-state index is 13.1. The van der Waals surface area contributed by atoms with E-state index in [0.717, 1.165) is 12.0 Å². The summed E-state index contributed by atoms with van der Waals surface area (Å²) in [6, 6.07) is 8.96. The molecule has 1 aromatic carbocycles. The SMILES string of the molecule is CCN(C)C(=O)[C@H](C)NC(=O)c1cc2n(n1)CCCN(Cc1ccc(C)cc1)C2=O. The van der Waals surface area contributed by atoms with E-state index in [2.05, 4.69) is 10.4 Å². The van der Waals surface area contributed by atoms with Gasteiger partial charge in [-0.3, -0.25) is 19.1 Å². The molecule has 8 heteroatoms. The average molecular weight is 412 g/mol. The summed E-state index contributed by atoms with van der Waals surface area (Å²) in [5.74, 6) is -0.778. The molecule has 2 aromatic rings. The van der Waals surface area contributed by atoms with Crippen LogP contribution in [0.15, 0.2) is 30.3 Å². The Labute approximate surface area is 176 Å². The van der Waals surface area contributed by atoms with Crippen molar-refractivity contribution in [3.63, 3.8) is 0 Å². The molecule has 0 spiro atoms. The third kappa shape index (κ3) is 4.69. The quantitative estimate of drug-likeness (QED) is 0.786. The highest BCUT2D eigenvalue weighted by Gasteiger charge is 2.27. The highest BCUT2D eigenvalue weighted by molar-refractivity contribution is 5.99. The fraction of sp³-hybridized carbons (Fsp3) is 0.455. The smallest absolute Gasteiger partial charge is 0.272 e. The maximum atomic E-state index is 13.1. The van der Waals surface area contributed by atoms with Crippen LogP contribution in [0.4, 0.5) is 0 Å². The van der Waals surface area contributed by atoms with Crippen LogP contribution in [-0.4, -0.2) is 63.5 Å². The third-order valence-electron chi connectivity index (χ3n) is 5.38. The maximum Gasteiger partial charge on any atom is 0.272 e. The van der Waals surface area contributed by atoms with Crippen molar-refractivity contribution in [2.75, 3.05) is 20.1 Å². The standard InChI is InChI=1S/C22H29N5O3/c1-5-25(4)21(29)16(3)23-20(28)18-13-19-22(30)26(11-6-12-27(19)24-18)14-17-9-7-15(2)8-10-17/h7-10,13,16H,5-6,11-12,14H2,1-4H3,(H,23,28)/t16-/m0/s1. The minimum absolute atomic E-state index is 0.144. The van der Waals surface area contributed by atoms with Crippen molar-refractivity contribution < 1.29 is 14.4 Å². The molecule has 30 heavy (non-hydrogen) atoms. The number of carbonyl (C=O) groups is 3.